The van der Waals surface area contributed by atoms with Crippen LogP contribution < -0.4 is 9.62 Å². The van der Waals surface area contributed by atoms with Gasteiger partial charge in [-0.25, -0.2) is 21.9 Å². The summed E-state index contributed by atoms with van der Waals surface area (Å²) in [5.41, 5.74) is 1.38. The lowest BCUT2D eigenvalue weighted by atomic mass is 10.1. The second-order valence-electron chi connectivity index (χ2n) is 6.07. The van der Waals surface area contributed by atoms with Crippen LogP contribution in [0.5, 0.6) is 0 Å². The Hall–Kier alpha value is -2.32. The van der Waals surface area contributed by atoms with Crippen LogP contribution in [0, 0.1) is 11.6 Å². The maximum atomic E-state index is 13.3. The van der Waals surface area contributed by atoms with E-state index in [0.717, 1.165) is 30.7 Å². The van der Waals surface area contributed by atoms with Crippen molar-refractivity contribution in [3.63, 3.8) is 0 Å². The lowest BCUT2D eigenvalue weighted by Gasteiger charge is -2.27. The molecule has 1 aliphatic heterocycles. The normalized spacial score (nSPS) is 15.3. The second-order valence-corrected chi connectivity index (χ2v) is 7.84. The Morgan fingerprint density at radius 1 is 1.04 bits per heavy atom. The van der Waals surface area contributed by atoms with Crippen LogP contribution in [0.2, 0.25) is 0 Å². The molecule has 0 unspecified atom stereocenters. The molecule has 0 aromatic heterocycles. The van der Waals surface area contributed by atoms with Crippen LogP contribution in [-0.4, -0.2) is 20.9 Å². The first kappa shape index (κ1) is 18.5. The molecule has 0 spiro atoms. The van der Waals surface area contributed by atoms with Crippen molar-refractivity contribution in [3.8, 4) is 0 Å². The molecule has 2 aromatic rings. The summed E-state index contributed by atoms with van der Waals surface area (Å²) >= 11 is 0. The van der Waals surface area contributed by atoms with E-state index in [1.807, 2.05) is 0 Å². The van der Waals surface area contributed by atoms with Gasteiger partial charge in [0.1, 0.15) is 0 Å². The molecule has 3 rings (SSSR count). The van der Waals surface area contributed by atoms with Crippen LogP contribution in [-0.2, 0) is 21.4 Å². The molecule has 8 heteroatoms. The highest BCUT2D eigenvalue weighted by molar-refractivity contribution is 7.89. The molecule has 1 fully saturated rings. The summed E-state index contributed by atoms with van der Waals surface area (Å²) in [6.07, 6.45) is 2.31. The monoisotopic (exact) mass is 380 g/mol. The summed E-state index contributed by atoms with van der Waals surface area (Å²) < 4.78 is 53.1. The van der Waals surface area contributed by atoms with E-state index in [0.29, 0.717) is 24.6 Å². The van der Waals surface area contributed by atoms with Crippen molar-refractivity contribution in [3.05, 3.63) is 59.7 Å². The maximum absolute atomic E-state index is 13.3. The third kappa shape index (κ3) is 4.08. The number of sulfonamides is 1. The van der Waals surface area contributed by atoms with Gasteiger partial charge in [-0.1, -0.05) is 12.1 Å². The van der Waals surface area contributed by atoms with E-state index in [4.69, 9.17) is 0 Å². The lowest BCUT2D eigenvalue weighted by molar-refractivity contribution is -0.119. The Bertz CT molecular complexity index is 932. The van der Waals surface area contributed by atoms with Crippen LogP contribution in [0.3, 0.4) is 0 Å². The number of hydrogen-bond donors (Lipinski definition) is 1. The van der Waals surface area contributed by atoms with E-state index in [1.165, 1.54) is 0 Å². The Morgan fingerprint density at radius 2 is 1.85 bits per heavy atom. The summed E-state index contributed by atoms with van der Waals surface area (Å²) in [6.45, 7) is 0.611. The number of piperidine rings is 1. The molecule has 5 nitrogen and oxygen atoms in total. The maximum Gasteiger partial charge on any atom is 0.240 e. The molecular formula is C18H18F2N2O3S. The summed E-state index contributed by atoms with van der Waals surface area (Å²) in [6, 6.07) is 9.44. The van der Waals surface area contributed by atoms with Crippen molar-refractivity contribution >= 4 is 21.6 Å². The Morgan fingerprint density at radius 3 is 2.58 bits per heavy atom. The first-order valence-corrected chi connectivity index (χ1v) is 9.69. The number of anilines is 1. The summed E-state index contributed by atoms with van der Waals surface area (Å²) in [5.74, 6) is -2.28. The zero-order chi connectivity index (χ0) is 18.7. The number of nitrogens with one attached hydrogen (secondary N) is 1. The molecule has 1 saturated heterocycles. The van der Waals surface area contributed by atoms with Crippen molar-refractivity contribution in [2.24, 2.45) is 0 Å². The standard InChI is InChI=1S/C18H18F2N2O3S/c19-16-8-7-15(11-17(16)20)26(24,25)21-12-13-4-3-5-14(10-13)22-9-2-1-6-18(22)23/h3-5,7-8,10-11,21H,1-2,6,9,12H2. The predicted molar refractivity (Wildman–Crippen MR) is 93.0 cm³/mol. The van der Waals surface area contributed by atoms with Crippen LogP contribution in [0.1, 0.15) is 24.8 Å². The number of halogens is 2. The molecule has 138 valence electrons. The van der Waals surface area contributed by atoms with Gasteiger partial charge in [-0.15, -0.1) is 0 Å². The minimum Gasteiger partial charge on any atom is -0.312 e. The van der Waals surface area contributed by atoms with Gasteiger partial charge in [0.25, 0.3) is 0 Å². The average Bonchev–Trinajstić information content (AvgIpc) is 2.63. The largest absolute Gasteiger partial charge is 0.312 e. The van der Waals surface area contributed by atoms with E-state index in [2.05, 4.69) is 4.72 Å². The van der Waals surface area contributed by atoms with Crippen LogP contribution >= 0.6 is 0 Å². The first-order valence-electron chi connectivity index (χ1n) is 8.21. The molecule has 1 amide bonds. The quantitative estimate of drug-likeness (QED) is 0.867. The molecule has 1 N–H and O–H groups in total. The molecule has 0 atom stereocenters. The Kier molecular flexibility index (Phi) is 5.33. The molecule has 0 aliphatic carbocycles. The van der Waals surface area contributed by atoms with E-state index in [9.17, 15) is 22.0 Å². The fraction of sp³-hybridized carbons (Fsp3) is 0.278. The number of rotatable bonds is 5. The number of amides is 1. The van der Waals surface area contributed by atoms with Crippen molar-refractivity contribution in [1.82, 2.24) is 4.72 Å². The third-order valence-electron chi connectivity index (χ3n) is 4.21. The summed E-state index contributed by atoms with van der Waals surface area (Å²) in [7, 11) is -3.98. The fourth-order valence-corrected chi connectivity index (χ4v) is 3.85. The van der Waals surface area contributed by atoms with Gasteiger partial charge in [-0.3, -0.25) is 4.79 Å². The SMILES string of the molecule is O=C1CCCCN1c1cccc(CNS(=O)(=O)c2ccc(F)c(F)c2)c1. The van der Waals surface area contributed by atoms with E-state index >= 15 is 0 Å². The van der Waals surface area contributed by atoms with Gasteiger partial charge in [-0.05, 0) is 48.7 Å². The predicted octanol–water partition coefficient (Wildman–Crippen LogP) is 2.96. The number of hydrogen-bond acceptors (Lipinski definition) is 3. The highest BCUT2D eigenvalue weighted by Gasteiger charge is 2.20. The lowest BCUT2D eigenvalue weighted by Crippen LogP contribution is -2.35. The Labute approximate surface area is 150 Å². The molecule has 0 radical (unpaired) electrons. The van der Waals surface area contributed by atoms with Crippen molar-refractivity contribution in [2.75, 3.05) is 11.4 Å². The topological polar surface area (TPSA) is 66.5 Å². The van der Waals surface area contributed by atoms with E-state index in [1.54, 1.807) is 29.2 Å². The van der Waals surface area contributed by atoms with Crippen molar-refractivity contribution in [2.45, 2.75) is 30.7 Å². The number of benzene rings is 2. The summed E-state index contributed by atoms with van der Waals surface area (Å²) in [5, 5.41) is 0. The fourth-order valence-electron chi connectivity index (χ4n) is 2.82. The third-order valence-corrected chi connectivity index (χ3v) is 5.61. The number of carbonyl (C=O) groups excluding carboxylic acids is 1. The second kappa shape index (κ2) is 7.51. The van der Waals surface area contributed by atoms with Gasteiger partial charge in [0.05, 0.1) is 4.90 Å². The zero-order valence-electron chi connectivity index (χ0n) is 13.9. The smallest absolute Gasteiger partial charge is 0.240 e. The van der Waals surface area contributed by atoms with Gasteiger partial charge in [0.2, 0.25) is 15.9 Å². The van der Waals surface area contributed by atoms with Gasteiger partial charge in [0, 0.05) is 25.2 Å². The highest BCUT2D eigenvalue weighted by Crippen LogP contribution is 2.22. The van der Waals surface area contributed by atoms with Gasteiger partial charge in [0.15, 0.2) is 11.6 Å². The van der Waals surface area contributed by atoms with Crippen LogP contribution in [0.15, 0.2) is 47.4 Å². The zero-order valence-corrected chi connectivity index (χ0v) is 14.7. The summed E-state index contributed by atoms with van der Waals surface area (Å²) in [4.78, 5) is 13.4. The van der Waals surface area contributed by atoms with Crippen LogP contribution in [0.4, 0.5) is 14.5 Å². The molecule has 1 aliphatic rings. The van der Waals surface area contributed by atoms with Crippen LogP contribution in [0.25, 0.3) is 0 Å². The van der Waals surface area contributed by atoms with Gasteiger partial charge >= 0.3 is 0 Å². The van der Waals surface area contributed by atoms with E-state index < -0.39 is 21.7 Å². The molecular weight excluding hydrogens is 362 g/mol. The number of carbonyl (C=O) groups is 1. The number of nitrogens with zero attached hydrogens (tertiary/aromatic N) is 1. The molecule has 1 heterocycles. The molecule has 0 saturated carbocycles. The average molecular weight is 380 g/mol. The van der Waals surface area contributed by atoms with Gasteiger partial charge < -0.3 is 4.90 Å². The van der Waals surface area contributed by atoms with E-state index in [-0.39, 0.29) is 17.3 Å². The minimum absolute atomic E-state index is 0.0306. The molecule has 2 aromatic carbocycles. The molecule has 26 heavy (non-hydrogen) atoms. The Balaban J connectivity index is 1.74. The highest BCUT2D eigenvalue weighted by atomic mass is 32.2. The van der Waals surface area contributed by atoms with Gasteiger partial charge in [-0.2, -0.15) is 0 Å². The minimum atomic E-state index is -3.98. The van der Waals surface area contributed by atoms with Crippen molar-refractivity contribution in [1.29, 1.82) is 0 Å². The van der Waals surface area contributed by atoms with Crippen molar-refractivity contribution < 1.29 is 22.0 Å². The molecule has 0 bridgehead atoms. The first-order chi connectivity index (χ1) is 12.4.